The molecule has 154 valence electrons. The number of pyridine rings is 1. The predicted octanol–water partition coefficient (Wildman–Crippen LogP) is 1.03. The van der Waals surface area contributed by atoms with Gasteiger partial charge in [0, 0.05) is 51.2 Å². The third-order valence-corrected chi connectivity index (χ3v) is 5.02. The molecule has 10 heteroatoms. The number of nitrogens with zero attached hydrogens (tertiary/aromatic N) is 5. The number of anilines is 3. The van der Waals surface area contributed by atoms with Crippen LogP contribution in [0.25, 0.3) is 0 Å². The van der Waals surface area contributed by atoms with Crippen LogP contribution in [0.5, 0.6) is 0 Å². The van der Waals surface area contributed by atoms with Crippen molar-refractivity contribution >= 4 is 34.9 Å². The van der Waals surface area contributed by atoms with Gasteiger partial charge in [-0.25, -0.2) is 0 Å². The van der Waals surface area contributed by atoms with Crippen molar-refractivity contribution in [3.8, 4) is 0 Å². The molecule has 0 saturated carbocycles. The van der Waals surface area contributed by atoms with E-state index in [1.54, 1.807) is 6.20 Å². The molecule has 29 heavy (non-hydrogen) atoms. The third kappa shape index (κ3) is 5.49. The van der Waals surface area contributed by atoms with Gasteiger partial charge in [0.1, 0.15) is 11.6 Å². The number of hydrogen-bond donors (Lipinski definition) is 2. The van der Waals surface area contributed by atoms with Gasteiger partial charge in [-0.15, -0.1) is 0 Å². The maximum absolute atomic E-state index is 5.47. The van der Waals surface area contributed by atoms with Crippen LogP contribution in [0, 0.1) is 0 Å². The first-order chi connectivity index (χ1) is 14.3. The van der Waals surface area contributed by atoms with Crippen LogP contribution < -0.4 is 20.4 Å². The molecular weight excluding hydrogens is 390 g/mol. The fourth-order valence-electron chi connectivity index (χ4n) is 3.22. The highest BCUT2D eigenvalue weighted by Gasteiger charge is 2.19. The lowest BCUT2D eigenvalue weighted by atomic mass is 10.3. The van der Waals surface area contributed by atoms with Gasteiger partial charge < -0.3 is 29.9 Å². The van der Waals surface area contributed by atoms with E-state index in [1.165, 1.54) is 0 Å². The summed E-state index contributed by atoms with van der Waals surface area (Å²) in [6.45, 7) is 6.61. The Bertz CT molecular complexity index is 775. The average Bonchev–Trinajstić information content (AvgIpc) is 2.79. The van der Waals surface area contributed by atoms with Gasteiger partial charge >= 0.3 is 0 Å². The molecular formula is C19H25N7O2S. The van der Waals surface area contributed by atoms with Gasteiger partial charge in [0.15, 0.2) is 5.11 Å². The Morgan fingerprint density at radius 2 is 1.62 bits per heavy atom. The minimum Gasteiger partial charge on any atom is -0.378 e. The van der Waals surface area contributed by atoms with Crippen LogP contribution in [-0.4, -0.2) is 72.7 Å². The SMILES string of the molecule is S=C(NCc1cccnc1)Nc1nc(N2CCOCC2)cc(N2CCOCC2)n1. The molecule has 0 bridgehead atoms. The highest BCUT2D eigenvalue weighted by molar-refractivity contribution is 7.80. The van der Waals surface area contributed by atoms with Crippen molar-refractivity contribution in [1.29, 1.82) is 0 Å². The van der Waals surface area contributed by atoms with Gasteiger partial charge in [-0.3, -0.25) is 4.98 Å². The molecule has 0 aromatic carbocycles. The molecule has 4 heterocycles. The molecule has 0 unspecified atom stereocenters. The monoisotopic (exact) mass is 415 g/mol. The van der Waals surface area contributed by atoms with Crippen molar-refractivity contribution in [2.45, 2.75) is 6.54 Å². The van der Waals surface area contributed by atoms with Crippen LogP contribution in [0.4, 0.5) is 17.6 Å². The molecule has 2 N–H and O–H groups in total. The van der Waals surface area contributed by atoms with Crippen molar-refractivity contribution in [3.05, 3.63) is 36.2 Å². The highest BCUT2D eigenvalue weighted by Crippen LogP contribution is 2.23. The van der Waals surface area contributed by atoms with E-state index in [2.05, 4.69) is 25.4 Å². The largest absolute Gasteiger partial charge is 0.378 e. The van der Waals surface area contributed by atoms with E-state index in [0.29, 0.717) is 44.0 Å². The first kappa shape index (κ1) is 19.7. The van der Waals surface area contributed by atoms with Crippen LogP contribution >= 0.6 is 12.2 Å². The maximum atomic E-state index is 5.47. The zero-order valence-corrected chi connectivity index (χ0v) is 17.0. The molecule has 0 atom stereocenters. The Kier molecular flexibility index (Phi) is 6.65. The van der Waals surface area contributed by atoms with Gasteiger partial charge in [0.25, 0.3) is 0 Å². The number of rotatable bonds is 5. The van der Waals surface area contributed by atoms with Gasteiger partial charge in [0.05, 0.1) is 26.4 Å². The highest BCUT2D eigenvalue weighted by atomic mass is 32.1. The van der Waals surface area contributed by atoms with Crippen molar-refractivity contribution in [2.75, 3.05) is 67.7 Å². The van der Waals surface area contributed by atoms with Gasteiger partial charge in [-0.05, 0) is 23.8 Å². The van der Waals surface area contributed by atoms with Crippen molar-refractivity contribution in [1.82, 2.24) is 20.3 Å². The van der Waals surface area contributed by atoms with Gasteiger partial charge in [0.2, 0.25) is 5.95 Å². The standard InChI is InChI=1S/C19H25N7O2S/c29-19(21-14-15-2-1-3-20-13-15)24-18-22-16(25-4-8-27-9-5-25)12-17(23-18)26-6-10-28-11-7-26/h1-3,12-13H,4-11,14H2,(H2,21,22,23,24,29). The molecule has 0 amide bonds. The summed E-state index contributed by atoms with van der Waals surface area (Å²) in [5.74, 6) is 2.24. The quantitative estimate of drug-likeness (QED) is 0.691. The second kappa shape index (κ2) is 9.77. The number of hydrogen-bond acceptors (Lipinski definition) is 8. The second-order valence-electron chi connectivity index (χ2n) is 6.78. The van der Waals surface area contributed by atoms with E-state index in [4.69, 9.17) is 31.7 Å². The Labute approximate surface area is 175 Å². The maximum Gasteiger partial charge on any atom is 0.232 e. The van der Waals surface area contributed by atoms with E-state index in [9.17, 15) is 0 Å². The van der Waals surface area contributed by atoms with E-state index in [1.807, 2.05) is 24.4 Å². The van der Waals surface area contributed by atoms with E-state index in [-0.39, 0.29) is 0 Å². The number of thiocarbonyl (C=S) groups is 1. The molecule has 2 aliphatic heterocycles. The van der Waals surface area contributed by atoms with E-state index < -0.39 is 0 Å². The molecule has 2 aliphatic rings. The molecule has 2 aromatic heterocycles. The van der Waals surface area contributed by atoms with Gasteiger partial charge in [-0.1, -0.05) is 6.07 Å². The molecule has 4 rings (SSSR count). The molecule has 0 aliphatic carbocycles. The summed E-state index contributed by atoms with van der Waals surface area (Å²) >= 11 is 5.44. The van der Waals surface area contributed by atoms with Crippen LogP contribution in [0.3, 0.4) is 0 Å². The average molecular weight is 416 g/mol. The second-order valence-corrected chi connectivity index (χ2v) is 7.18. The Morgan fingerprint density at radius 1 is 1.00 bits per heavy atom. The Balaban J connectivity index is 1.48. The number of nitrogens with one attached hydrogen (secondary N) is 2. The molecule has 2 fully saturated rings. The summed E-state index contributed by atoms with van der Waals surface area (Å²) in [5, 5.41) is 6.78. The van der Waals surface area contributed by atoms with Crippen molar-refractivity contribution in [3.63, 3.8) is 0 Å². The smallest absolute Gasteiger partial charge is 0.232 e. The normalized spacial score (nSPS) is 17.1. The predicted molar refractivity (Wildman–Crippen MR) is 115 cm³/mol. The lowest BCUT2D eigenvalue weighted by Gasteiger charge is -2.31. The Morgan fingerprint density at radius 3 is 2.17 bits per heavy atom. The first-order valence-corrected chi connectivity index (χ1v) is 10.2. The van der Waals surface area contributed by atoms with Crippen molar-refractivity contribution in [2.24, 2.45) is 0 Å². The van der Waals surface area contributed by atoms with E-state index >= 15 is 0 Å². The molecule has 0 radical (unpaired) electrons. The van der Waals surface area contributed by atoms with E-state index in [0.717, 1.165) is 43.4 Å². The molecule has 0 spiro atoms. The van der Waals surface area contributed by atoms with Crippen molar-refractivity contribution < 1.29 is 9.47 Å². The van der Waals surface area contributed by atoms with Crippen LogP contribution in [-0.2, 0) is 16.0 Å². The fraction of sp³-hybridized carbons (Fsp3) is 0.474. The minimum absolute atomic E-state index is 0.473. The lowest BCUT2D eigenvalue weighted by molar-refractivity contribution is 0.122. The number of ether oxygens (including phenoxy) is 2. The summed E-state index contributed by atoms with van der Waals surface area (Å²) in [6, 6.07) is 5.93. The zero-order valence-electron chi connectivity index (χ0n) is 16.2. The topological polar surface area (TPSA) is 87.7 Å². The summed E-state index contributed by atoms with van der Waals surface area (Å²) in [6.07, 6.45) is 3.56. The molecule has 2 saturated heterocycles. The first-order valence-electron chi connectivity index (χ1n) is 9.76. The summed E-state index contributed by atoms with van der Waals surface area (Å²) in [5.41, 5.74) is 1.05. The zero-order chi connectivity index (χ0) is 19.9. The summed E-state index contributed by atoms with van der Waals surface area (Å²) < 4.78 is 10.9. The third-order valence-electron chi connectivity index (χ3n) is 4.77. The van der Waals surface area contributed by atoms with Crippen LogP contribution in [0.15, 0.2) is 30.6 Å². The van der Waals surface area contributed by atoms with Crippen LogP contribution in [0.2, 0.25) is 0 Å². The molecule has 9 nitrogen and oxygen atoms in total. The lowest BCUT2D eigenvalue weighted by Crippen LogP contribution is -2.39. The summed E-state index contributed by atoms with van der Waals surface area (Å²) in [7, 11) is 0. The molecule has 2 aromatic rings. The summed E-state index contributed by atoms with van der Waals surface area (Å²) in [4.78, 5) is 17.9. The number of aromatic nitrogens is 3. The fourth-order valence-corrected chi connectivity index (χ4v) is 3.38. The Hall–Kier alpha value is -2.56. The van der Waals surface area contributed by atoms with Gasteiger partial charge in [-0.2, -0.15) is 9.97 Å². The van der Waals surface area contributed by atoms with Crippen LogP contribution in [0.1, 0.15) is 5.56 Å². The minimum atomic E-state index is 0.473. The number of morpholine rings is 2.